The van der Waals surface area contributed by atoms with E-state index in [-0.39, 0.29) is 0 Å². The lowest BCUT2D eigenvalue weighted by Crippen LogP contribution is -1.94. The van der Waals surface area contributed by atoms with Gasteiger partial charge in [0.2, 0.25) is 0 Å². The number of fused-ring (bicyclic) bond motifs is 10. The topological polar surface area (TPSA) is 23.0 Å². The predicted octanol–water partition coefficient (Wildman–Crippen LogP) is 12.6. The van der Waals surface area contributed by atoms with Crippen molar-refractivity contribution in [1.29, 1.82) is 0 Å². The van der Waals surface area contributed by atoms with Gasteiger partial charge in [0, 0.05) is 49.8 Å². The summed E-state index contributed by atoms with van der Waals surface area (Å²) in [6.07, 6.45) is 0. The van der Waals surface area contributed by atoms with Gasteiger partial charge in [0.05, 0.1) is 22.1 Å². The van der Waals surface area contributed by atoms with Crippen LogP contribution in [0, 0.1) is 0 Å². The Balaban J connectivity index is 1.18. The molecule has 0 unspecified atom stereocenters. The van der Waals surface area contributed by atoms with Gasteiger partial charge >= 0.3 is 0 Å². The lowest BCUT2D eigenvalue weighted by atomic mass is 10.00. The van der Waals surface area contributed by atoms with Gasteiger partial charge in [0.15, 0.2) is 0 Å². The Kier molecular flexibility index (Phi) is 5.38. The van der Waals surface area contributed by atoms with Crippen molar-refractivity contribution in [3.63, 3.8) is 0 Å². The molecular formula is C46H28N2O. The van der Waals surface area contributed by atoms with Crippen LogP contribution in [0.15, 0.2) is 174 Å². The van der Waals surface area contributed by atoms with Crippen LogP contribution in [0.4, 0.5) is 0 Å². The van der Waals surface area contributed by atoms with Gasteiger partial charge in [-0.2, -0.15) is 0 Å². The molecule has 0 radical (unpaired) electrons. The quantitative estimate of drug-likeness (QED) is 0.192. The Morgan fingerprint density at radius 2 is 0.918 bits per heavy atom. The molecule has 11 rings (SSSR count). The van der Waals surface area contributed by atoms with Crippen molar-refractivity contribution in [3.8, 4) is 22.5 Å². The molecule has 3 heteroatoms. The molecule has 8 aromatic carbocycles. The van der Waals surface area contributed by atoms with Crippen molar-refractivity contribution < 1.29 is 4.42 Å². The molecule has 11 aromatic rings. The maximum absolute atomic E-state index is 6.41. The van der Waals surface area contributed by atoms with E-state index in [1.807, 2.05) is 6.07 Å². The second-order valence-corrected chi connectivity index (χ2v) is 13.0. The molecule has 0 aliphatic rings. The van der Waals surface area contributed by atoms with E-state index in [1.54, 1.807) is 0 Å². The molecule has 0 bridgehead atoms. The summed E-state index contributed by atoms with van der Waals surface area (Å²) < 4.78 is 11.2. The molecule has 3 aromatic heterocycles. The summed E-state index contributed by atoms with van der Waals surface area (Å²) in [7, 11) is 0. The average Bonchev–Trinajstić information content (AvgIpc) is 3.80. The molecular weight excluding hydrogens is 597 g/mol. The van der Waals surface area contributed by atoms with Crippen molar-refractivity contribution in [3.05, 3.63) is 170 Å². The van der Waals surface area contributed by atoms with Crippen LogP contribution < -0.4 is 0 Å². The molecule has 0 amide bonds. The Labute approximate surface area is 281 Å². The minimum Gasteiger partial charge on any atom is -0.456 e. The molecule has 0 saturated heterocycles. The first kappa shape index (κ1) is 26.5. The Morgan fingerprint density at radius 3 is 1.73 bits per heavy atom. The third-order valence-corrected chi connectivity index (χ3v) is 10.3. The fourth-order valence-corrected chi connectivity index (χ4v) is 8.02. The Bertz CT molecular complexity index is 3100. The van der Waals surface area contributed by atoms with Gasteiger partial charge in [0.1, 0.15) is 11.2 Å². The van der Waals surface area contributed by atoms with E-state index >= 15 is 0 Å². The zero-order chi connectivity index (χ0) is 32.1. The van der Waals surface area contributed by atoms with Gasteiger partial charge in [-0.25, -0.2) is 0 Å². The van der Waals surface area contributed by atoms with Gasteiger partial charge in [-0.1, -0.05) is 97.1 Å². The largest absolute Gasteiger partial charge is 0.456 e. The molecule has 0 fully saturated rings. The van der Waals surface area contributed by atoms with Crippen molar-refractivity contribution >= 4 is 76.3 Å². The molecule has 0 N–H and O–H groups in total. The van der Waals surface area contributed by atoms with Crippen LogP contribution in [0.1, 0.15) is 0 Å². The summed E-state index contributed by atoms with van der Waals surface area (Å²) in [4.78, 5) is 0. The van der Waals surface area contributed by atoms with Gasteiger partial charge in [-0.15, -0.1) is 0 Å². The molecule has 0 atom stereocenters. The lowest BCUT2D eigenvalue weighted by Gasteiger charge is -2.10. The molecule has 0 spiro atoms. The smallest absolute Gasteiger partial charge is 0.137 e. The van der Waals surface area contributed by atoms with E-state index < -0.39 is 0 Å². The number of rotatable bonds is 3. The Hall–Kier alpha value is -6.58. The molecule has 0 aliphatic heterocycles. The van der Waals surface area contributed by atoms with E-state index in [0.717, 1.165) is 33.1 Å². The van der Waals surface area contributed by atoms with Gasteiger partial charge < -0.3 is 13.6 Å². The molecule has 0 saturated carbocycles. The van der Waals surface area contributed by atoms with Gasteiger partial charge in [-0.05, 0) is 88.6 Å². The van der Waals surface area contributed by atoms with Crippen LogP contribution in [0.3, 0.4) is 0 Å². The van der Waals surface area contributed by atoms with Crippen LogP contribution in [0.5, 0.6) is 0 Å². The zero-order valence-electron chi connectivity index (χ0n) is 26.5. The summed E-state index contributed by atoms with van der Waals surface area (Å²) in [5, 5.41) is 9.68. The van der Waals surface area contributed by atoms with E-state index in [0.29, 0.717) is 0 Å². The molecule has 3 heterocycles. The number of nitrogens with zero attached hydrogens (tertiary/aromatic N) is 2. The summed E-state index contributed by atoms with van der Waals surface area (Å²) in [5.41, 5.74) is 11.2. The predicted molar refractivity (Wildman–Crippen MR) is 205 cm³/mol. The normalized spacial score (nSPS) is 12.1. The monoisotopic (exact) mass is 624 g/mol. The van der Waals surface area contributed by atoms with Crippen molar-refractivity contribution in [2.75, 3.05) is 0 Å². The van der Waals surface area contributed by atoms with Crippen molar-refractivity contribution in [2.24, 2.45) is 0 Å². The molecule has 228 valence electrons. The SMILES string of the molecule is c1ccc(-n2c3ccccc3c3cc(-c4ccc5c(c4)c4cc6c(cc4n5-c4ccc5ccccc5c4)oc4ccccc46)ccc32)cc1. The zero-order valence-corrected chi connectivity index (χ0v) is 26.5. The highest BCUT2D eigenvalue weighted by atomic mass is 16.3. The van der Waals surface area contributed by atoms with Crippen LogP contribution >= 0.6 is 0 Å². The molecule has 3 nitrogen and oxygen atoms in total. The third kappa shape index (κ3) is 3.84. The van der Waals surface area contributed by atoms with Gasteiger partial charge in [-0.3, -0.25) is 0 Å². The molecule has 0 aliphatic carbocycles. The fraction of sp³-hybridized carbons (Fsp3) is 0. The highest BCUT2D eigenvalue weighted by Gasteiger charge is 2.18. The minimum atomic E-state index is 0.902. The standard InChI is InChI=1S/C46H28N2O/c1-2-12-33(13-3-1)47-41-16-8-6-14-35(41)37-25-31(19-22-42(37)47)32-20-23-43-38(26-32)39-27-40-36-15-7-9-17-45(36)49-46(40)28-44(39)48(43)34-21-18-29-10-4-5-11-30(29)24-34/h1-28H. The minimum absolute atomic E-state index is 0.902. The van der Waals surface area contributed by atoms with Crippen molar-refractivity contribution in [1.82, 2.24) is 9.13 Å². The van der Waals surface area contributed by atoms with Crippen LogP contribution in [-0.2, 0) is 0 Å². The summed E-state index contributed by atoms with van der Waals surface area (Å²) in [6.45, 7) is 0. The number of para-hydroxylation sites is 3. The van der Waals surface area contributed by atoms with E-state index in [9.17, 15) is 0 Å². The first-order chi connectivity index (χ1) is 24.3. The highest BCUT2D eigenvalue weighted by molar-refractivity contribution is 6.18. The number of benzene rings is 8. The van der Waals surface area contributed by atoms with Crippen molar-refractivity contribution in [2.45, 2.75) is 0 Å². The van der Waals surface area contributed by atoms with E-state index in [2.05, 4.69) is 173 Å². The van der Waals surface area contributed by atoms with Crippen LogP contribution in [0.2, 0.25) is 0 Å². The number of hydrogen-bond donors (Lipinski definition) is 0. The maximum atomic E-state index is 6.41. The summed E-state index contributed by atoms with van der Waals surface area (Å²) in [6, 6.07) is 61.4. The van der Waals surface area contributed by atoms with Gasteiger partial charge in [0.25, 0.3) is 0 Å². The number of furan rings is 1. The number of aromatic nitrogens is 2. The lowest BCUT2D eigenvalue weighted by molar-refractivity contribution is 0.669. The third-order valence-electron chi connectivity index (χ3n) is 10.3. The van der Waals surface area contributed by atoms with E-state index in [1.165, 1.54) is 65.7 Å². The van der Waals surface area contributed by atoms with E-state index in [4.69, 9.17) is 4.42 Å². The second-order valence-electron chi connectivity index (χ2n) is 13.0. The fourth-order valence-electron chi connectivity index (χ4n) is 8.02. The second kappa shape index (κ2) is 9.96. The number of hydrogen-bond acceptors (Lipinski definition) is 1. The first-order valence-electron chi connectivity index (χ1n) is 16.8. The Morgan fingerprint density at radius 1 is 0.306 bits per heavy atom. The van der Waals surface area contributed by atoms with Crippen LogP contribution in [-0.4, -0.2) is 9.13 Å². The highest BCUT2D eigenvalue weighted by Crippen LogP contribution is 2.41. The first-order valence-corrected chi connectivity index (χ1v) is 16.8. The maximum Gasteiger partial charge on any atom is 0.137 e. The molecule has 49 heavy (non-hydrogen) atoms. The average molecular weight is 625 g/mol. The van der Waals surface area contributed by atoms with Crippen LogP contribution in [0.25, 0.3) is 98.8 Å². The summed E-state index contributed by atoms with van der Waals surface area (Å²) in [5.74, 6) is 0. The summed E-state index contributed by atoms with van der Waals surface area (Å²) >= 11 is 0.